The zero-order valence-electron chi connectivity index (χ0n) is 12.1. The zero-order chi connectivity index (χ0) is 16.3. The van der Waals surface area contributed by atoms with Gasteiger partial charge in [-0.2, -0.15) is 13.2 Å². The minimum atomic E-state index is -4.40. The monoisotopic (exact) mass is 317 g/mol. The molecule has 3 aromatic rings. The fraction of sp³-hybridized carbons (Fsp3) is 0.118. The summed E-state index contributed by atoms with van der Waals surface area (Å²) >= 11 is 0. The molecular formula is C17H14F3N3. The first kappa shape index (κ1) is 15.1. The van der Waals surface area contributed by atoms with Crippen LogP contribution in [-0.4, -0.2) is 9.97 Å². The predicted octanol–water partition coefficient (Wildman–Crippen LogP) is 4.76. The first-order chi connectivity index (χ1) is 11.0. The standard InChI is InChI=1S/C17H14F3N3/c18-17(19,20)14-3-1-2-4-15(14)23-16-6-5-12(11-22-16)9-13-7-8-21-10-13/h1-8,10-11,21H,9H2,(H,22,23). The van der Waals surface area contributed by atoms with Crippen LogP contribution < -0.4 is 5.32 Å². The van der Waals surface area contributed by atoms with E-state index in [4.69, 9.17) is 0 Å². The summed E-state index contributed by atoms with van der Waals surface area (Å²) in [7, 11) is 0. The lowest BCUT2D eigenvalue weighted by Gasteiger charge is -2.14. The van der Waals surface area contributed by atoms with Gasteiger partial charge in [0.25, 0.3) is 0 Å². The number of nitrogens with one attached hydrogen (secondary N) is 2. The highest BCUT2D eigenvalue weighted by atomic mass is 19.4. The van der Waals surface area contributed by atoms with Gasteiger partial charge >= 0.3 is 6.18 Å². The van der Waals surface area contributed by atoms with E-state index in [1.165, 1.54) is 12.1 Å². The van der Waals surface area contributed by atoms with Crippen LogP contribution in [0.4, 0.5) is 24.7 Å². The van der Waals surface area contributed by atoms with Crippen LogP contribution in [0.5, 0.6) is 0 Å². The Bertz CT molecular complexity index is 763. The highest BCUT2D eigenvalue weighted by Crippen LogP contribution is 2.35. The fourth-order valence-electron chi connectivity index (χ4n) is 2.28. The molecule has 3 nitrogen and oxygen atoms in total. The molecule has 0 saturated carbocycles. The molecule has 118 valence electrons. The van der Waals surface area contributed by atoms with Crippen molar-refractivity contribution in [3.05, 3.63) is 77.7 Å². The largest absolute Gasteiger partial charge is 0.418 e. The maximum atomic E-state index is 13.0. The van der Waals surface area contributed by atoms with Gasteiger partial charge in [0.05, 0.1) is 11.3 Å². The van der Waals surface area contributed by atoms with Crippen LogP contribution in [0.15, 0.2) is 61.1 Å². The number of para-hydroxylation sites is 1. The third-order valence-corrected chi connectivity index (χ3v) is 3.39. The number of alkyl halides is 3. The first-order valence-electron chi connectivity index (χ1n) is 7.02. The average molecular weight is 317 g/mol. The molecule has 0 unspecified atom stereocenters. The number of anilines is 2. The van der Waals surface area contributed by atoms with E-state index in [1.807, 2.05) is 24.5 Å². The Morgan fingerprint density at radius 1 is 1.00 bits per heavy atom. The van der Waals surface area contributed by atoms with Gasteiger partial charge in [-0.25, -0.2) is 4.98 Å². The van der Waals surface area contributed by atoms with Gasteiger partial charge in [0.2, 0.25) is 0 Å². The SMILES string of the molecule is FC(F)(F)c1ccccc1Nc1ccc(Cc2cc[nH]c2)cn1. The summed E-state index contributed by atoms with van der Waals surface area (Å²) in [6.07, 6.45) is 1.71. The lowest BCUT2D eigenvalue weighted by Crippen LogP contribution is -2.09. The summed E-state index contributed by atoms with van der Waals surface area (Å²) in [6, 6.07) is 10.8. The lowest BCUT2D eigenvalue weighted by molar-refractivity contribution is -0.136. The van der Waals surface area contributed by atoms with Crippen molar-refractivity contribution in [2.24, 2.45) is 0 Å². The summed E-state index contributed by atoms with van der Waals surface area (Å²) < 4.78 is 38.9. The Morgan fingerprint density at radius 2 is 1.83 bits per heavy atom. The third-order valence-electron chi connectivity index (χ3n) is 3.39. The molecule has 2 heterocycles. The van der Waals surface area contributed by atoms with E-state index in [2.05, 4.69) is 15.3 Å². The van der Waals surface area contributed by atoms with Crippen molar-refractivity contribution in [3.8, 4) is 0 Å². The average Bonchev–Trinajstić information content (AvgIpc) is 3.02. The van der Waals surface area contributed by atoms with E-state index in [1.54, 1.807) is 18.3 Å². The van der Waals surface area contributed by atoms with Gasteiger partial charge in [-0.05, 0) is 35.4 Å². The van der Waals surface area contributed by atoms with Gasteiger partial charge in [0, 0.05) is 25.0 Å². The summed E-state index contributed by atoms with van der Waals surface area (Å²) in [4.78, 5) is 7.16. The first-order valence-corrected chi connectivity index (χ1v) is 7.02. The van der Waals surface area contributed by atoms with E-state index in [-0.39, 0.29) is 5.69 Å². The van der Waals surface area contributed by atoms with Crippen LogP contribution in [0.1, 0.15) is 16.7 Å². The second kappa shape index (κ2) is 6.16. The Morgan fingerprint density at radius 3 is 2.48 bits per heavy atom. The summed E-state index contributed by atoms with van der Waals surface area (Å²) in [5.74, 6) is 0.375. The molecule has 0 aliphatic heterocycles. The van der Waals surface area contributed by atoms with Gasteiger partial charge in [-0.15, -0.1) is 0 Å². The number of hydrogen-bond acceptors (Lipinski definition) is 2. The third kappa shape index (κ3) is 3.71. The molecule has 3 rings (SSSR count). The van der Waals surface area contributed by atoms with Gasteiger partial charge in [0.1, 0.15) is 5.82 Å². The minimum Gasteiger partial charge on any atom is -0.367 e. The van der Waals surface area contributed by atoms with Crippen molar-refractivity contribution in [1.82, 2.24) is 9.97 Å². The fourth-order valence-corrected chi connectivity index (χ4v) is 2.28. The molecule has 23 heavy (non-hydrogen) atoms. The van der Waals surface area contributed by atoms with Gasteiger partial charge in [0.15, 0.2) is 0 Å². The Balaban J connectivity index is 1.76. The Kier molecular flexibility index (Phi) is 4.06. The molecule has 0 amide bonds. The smallest absolute Gasteiger partial charge is 0.367 e. The highest BCUT2D eigenvalue weighted by Gasteiger charge is 2.33. The number of nitrogens with zero attached hydrogens (tertiary/aromatic N) is 1. The van der Waals surface area contributed by atoms with Gasteiger partial charge < -0.3 is 10.3 Å². The van der Waals surface area contributed by atoms with Crippen LogP contribution in [0.2, 0.25) is 0 Å². The molecule has 0 fully saturated rings. The van der Waals surface area contributed by atoms with E-state index in [9.17, 15) is 13.2 Å². The Hall–Kier alpha value is -2.76. The minimum absolute atomic E-state index is 0.00844. The van der Waals surface area contributed by atoms with E-state index >= 15 is 0 Å². The Labute approximate surface area is 131 Å². The van der Waals surface area contributed by atoms with E-state index in [0.717, 1.165) is 23.6 Å². The topological polar surface area (TPSA) is 40.7 Å². The van der Waals surface area contributed by atoms with Crippen molar-refractivity contribution in [1.29, 1.82) is 0 Å². The molecule has 0 spiro atoms. The normalized spacial score (nSPS) is 11.4. The lowest BCUT2D eigenvalue weighted by atomic mass is 10.1. The van der Waals surface area contributed by atoms with Crippen LogP contribution >= 0.6 is 0 Å². The van der Waals surface area contributed by atoms with Crippen LogP contribution in [0.3, 0.4) is 0 Å². The number of benzene rings is 1. The molecule has 0 saturated heterocycles. The maximum Gasteiger partial charge on any atom is 0.418 e. The molecule has 1 aromatic carbocycles. The number of pyridine rings is 1. The number of aromatic amines is 1. The molecule has 0 aliphatic rings. The number of aromatic nitrogens is 2. The molecule has 0 atom stereocenters. The zero-order valence-corrected chi connectivity index (χ0v) is 12.1. The second-order valence-electron chi connectivity index (χ2n) is 5.12. The summed E-state index contributed by atoms with van der Waals surface area (Å²) in [6.45, 7) is 0. The maximum absolute atomic E-state index is 13.0. The van der Waals surface area contributed by atoms with Gasteiger partial charge in [-0.3, -0.25) is 0 Å². The molecule has 2 aromatic heterocycles. The van der Waals surface area contributed by atoms with Crippen molar-refractivity contribution >= 4 is 11.5 Å². The number of rotatable bonds is 4. The molecule has 0 aliphatic carbocycles. The molecule has 0 radical (unpaired) electrons. The van der Waals surface area contributed by atoms with Crippen LogP contribution in [0.25, 0.3) is 0 Å². The second-order valence-corrected chi connectivity index (χ2v) is 5.12. The van der Waals surface area contributed by atoms with Crippen molar-refractivity contribution in [2.45, 2.75) is 12.6 Å². The number of hydrogen-bond donors (Lipinski definition) is 2. The van der Waals surface area contributed by atoms with E-state index in [0.29, 0.717) is 5.82 Å². The van der Waals surface area contributed by atoms with E-state index < -0.39 is 11.7 Å². The number of H-pyrrole nitrogens is 1. The highest BCUT2D eigenvalue weighted by molar-refractivity contribution is 5.61. The van der Waals surface area contributed by atoms with Crippen LogP contribution in [0, 0.1) is 0 Å². The molecule has 2 N–H and O–H groups in total. The van der Waals surface area contributed by atoms with Crippen LogP contribution in [-0.2, 0) is 12.6 Å². The molecule has 6 heteroatoms. The molecular weight excluding hydrogens is 303 g/mol. The van der Waals surface area contributed by atoms with Crippen molar-refractivity contribution < 1.29 is 13.2 Å². The summed E-state index contributed by atoms with van der Waals surface area (Å²) in [5.41, 5.74) is 1.39. The predicted molar refractivity (Wildman–Crippen MR) is 82.6 cm³/mol. The van der Waals surface area contributed by atoms with Gasteiger partial charge in [-0.1, -0.05) is 18.2 Å². The number of halogens is 3. The molecule has 0 bridgehead atoms. The van der Waals surface area contributed by atoms with Crippen molar-refractivity contribution in [3.63, 3.8) is 0 Å². The van der Waals surface area contributed by atoms with Crippen molar-refractivity contribution in [2.75, 3.05) is 5.32 Å². The quantitative estimate of drug-likeness (QED) is 0.728. The summed E-state index contributed by atoms with van der Waals surface area (Å²) in [5, 5.41) is 2.73.